The lowest BCUT2D eigenvalue weighted by molar-refractivity contribution is 0.0691. The van der Waals surface area contributed by atoms with Gasteiger partial charge in [0.15, 0.2) is 11.3 Å². The normalized spacial score (nSPS) is 9.43. The molecule has 0 aliphatic rings. The Balaban J connectivity index is 0.000000980. The van der Waals surface area contributed by atoms with Crippen LogP contribution < -0.4 is 0 Å². The number of nitrogens with zero attached hydrogens (tertiary/aromatic N) is 2. The fourth-order valence-electron chi connectivity index (χ4n) is 1.07. The van der Waals surface area contributed by atoms with Crippen molar-refractivity contribution in [2.45, 2.75) is 0 Å². The summed E-state index contributed by atoms with van der Waals surface area (Å²) in [7, 11) is 0. The molecule has 0 atom stereocenters. The molecule has 0 saturated carbocycles. The molecule has 5 heteroatoms. The Bertz CT molecular complexity index is 473. The third-order valence-corrected chi connectivity index (χ3v) is 1.68. The average Bonchev–Trinajstić information content (AvgIpc) is 2.17. The van der Waals surface area contributed by atoms with Crippen molar-refractivity contribution < 1.29 is 9.90 Å². The van der Waals surface area contributed by atoms with Gasteiger partial charge in [-0.1, -0.05) is 0 Å². The summed E-state index contributed by atoms with van der Waals surface area (Å²) in [5.41, 5.74) is 0.480. The van der Waals surface area contributed by atoms with Crippen molar-refractivity contribution in [3.63, 3.8) is 0 Å². The van der Waals surface area contributed by atoms with Gasteiger partial charge in [0.2, 0.25) is 0 Å². The van der Waals surface area contributed by atoms with Crippen LogP contribution in [0.15, 0.2) is 30.5 Å². The Morgan fingerprint density at radius 3 is 2.79 bits per heavy atom. The summed E-state index contributed by atoms with van der Waals surface area (Å²) in [5.74, 6) is -1.03. The van der Waals surface area contributed by atoms with Crippen molar-refractivity contribution in [1.82, 2.24) is 9.97 Å². The molecule has 0 radical (unpaired) electrons. The molecule has 0 aliphatic carbocycles. The third-order valence-electron chi connectivity index (χ3n) is 1.68. The van der Waals surface area contributed by atoms with Gasteiger partial charge in [0.25, 0.3) is 0 Å². The van der Waals surface area contributed by atoms with Crippen molar-refractivity contribution in [3.8, 4) is 0 Å². The van der Waals surface area contributed by atoms with E-state index in [1.807, 2.05) is 6.07 Å². The zero-order valence-corrected chi connectivity index (χ0v) is 7.86. The molecule has 0 aliphatic heterocycles. The summed E-state index contributed by atoms with van der Waals surface area (Å²) >= 11 is 0. The third kappa shape index (κ3) is 1.80. The van der Waals surface area contributed by atoms with Crippen LogP contribution in [-0.4, -0.2) is 21.0 Å². The SMILES string of the molecule is Cl.O=C(O)c1ccc2cccnc2n1. The van der Waals surface area contributed by atoms with Gasteiger partial charge in [-0.15, -0.1) is 12.4 Å². The number of carboxylic acids is 1. The molecular weight excluding hydrogens is 204 g/mol. The van der Waals surface area contributed by atoms with Crippen LogP contribution in [0.4, 0.5) is 0 Å². The maximum Gasteiger partial charge on any atom is 0.354 e. The number of pyridine rings is 2. The van der Waals surface area contributed by atoms with Gasteiger partial charge in [0.1, 0.15) is 0 Å². The highest BCUT2D eigenvalue weighted by Gasteiger charge is 2.04. The molecule has 0 saturated heterocycles. The molecule has 0 amide bonds. The van der Waals surface area contributed by atoms with E-state index in [2.05, 4.69) is 9.97 Å². The first-order chi connectivity index (χ1) is 6.27. The second-order valence-electron chi connectivity index (χ2n) is 2.55. The Morgan fingerprint density at radius 2 is 2.07 bits per heavy atom. The zero-order valence-electron chi connectivity index (χ0n) is 7.04. The largest absolute Gasteiger partial charge is 0.477 e. The van der Waals surface area contributed by atoms with E-state index in [-0.39, 0.29) is 18.1 Å². The van der Waals surface area contributed by atoms with E-state index in [1.165, 1.54) is 6.07 Å². The van der Waals surface area contributed by atoms with Gasteiger partial charge in [0.05, 0.1) is 0 Å². The summed E-state index contributed by atoms with van der Waals surface area (Å²) in [6.45, 7) is 0. The van der Waals surface area contributed by atoms with Crippen LogP contribution in [0, 0.1) is 0 Å². The first-order valence-electron chi connectivity index (χ1n) is 3.72. The zero-order chi connectivity index (χ0) is 9.26. The quantitative estimate of drug-likeness (QED) is 0.779. The minimum absolute atomic E-state index is 0. The molecule has 0 spiro atoms. The van der Waals surface area contributed by atoms with Crippen LogP contribution in [-0.2, 0) is 0 Å². The topological polar surface area (TPSA) is 63.1 Å². The Morgan fingerprint density at radius 1 is 1.29 bits per heavy atom. The molecule has 2 aromatic rings. The standard InChI is InChI=1S/C9H6N2O2.ClH/c12-9(13)7-4-3-6-2-1-5-10-8(6)11-7;/h1-5H,(H,12,13);1H. The van der Waals surface area contributed by atoms with E-state index >= 15 is 0 Å². The van der Waals surface area contributed by atoms with E-state index in [1.54, 1.807) is 18.3 Å². The second kappa shape index (κ2) is 4.02. The van der Waals surface area contributed by atoms with Gasteiger partial charge >= 0.3 is 5.97 Å². The lowest BCUT2D eigenvalue weighted by Crippen LogP contribution is -2.00. The lowest BCUT2D eigenvalue weighted by atomic mass is 10.2. The lowest BCUT2D eigenvalue weighted by Gasteiger charge is -1.96. The van der Waals surface area contributed by atoms with Crippen molar-refractivity contribution in [3.05, 3.63) is 36.2 Å². The Hall–Kier alpha value is -1.68. The monoisotopic (exact) mass is 210 g/mol. The molecule has 72 valence electrons. The van der Waals surface area contributed by atoms with Crippen molar-refractivity contribution in [1.29, 1.82) is 0 Å². The smallest absolute Gasteiger partial charge is 0.354 e. The predicted octanol–water partition coefficient (Wildman–Crippen LogP) is 1.75. The summed E-state index contributed by atoms with van der Waals surface area (Å²) < 4.78 is 0. The number of rotatable bonds is 1. The van der Waals surface area contributed by atoms with Crippen LogP contribution in [0.25, 0.3) is 11.0 Å². The van der Waals surface area contributed by atoms with Crippen LogP contribution >= 0.6 is 12.4 Å². The average molecular weight is 211 g/mol. The van der Waals surface area contributed by atoms with Gasteiger partial charge in [-0.05, 0) is 24.3 Å². The van der Waals surface area contributed by atoms with E-state index in [4.69, 9.17) is 5.11 Å². The fourth-order valence-corrected chi connectivity index (χ4v) is 1.07. The maximum absolute atomic E-state index is 10.6. The predicted molar refractivity (Wildman–Crippen MR) is 53.7 cm³/mol. The molecule has 0 bridgehead atoms. The number of hydrogen-bond acceptors (Lipinski definition) is 3. The molecule has 1 N–H and O–H groups in total. The number of fused-ring (bicyclic) bond motifs is 1. The van der Waals surface area contributed by atoms with Gasteiger partial charge in [-0.3, -0.25) is 0 Å². The molecule has 2 aromatic heterocycles. The maximum atomic E-state index is 10.6. The summed E-state index contributed by atoms with van der Waals surface area (Å²) in [4.78, 5) is 18.4. The molecule has 2 heterocycles. The van der Waals surface area contributed by atoms with E-state index in [0.717, 1.165) is 5.39 Å². The number of halogens is 1. The first-order valence-corrected chi connectivity index (χ1v) is 3.72. The second-order valence-corrected chi connectivity index (χ2v) is 2.55. The minimum atomic E-state index is -1.03. The molecule has 4 nitrogen and oxygen atoms in total. The molecule has 0 unspecified atom stereocenters. The highest BCUT2D eigenvalue weighted by atomic mass is 35.5. The highest BCUT2D eigenvalue weighted by Crippen LogP contribution is 2.08. The molecule has 14 heavy (non-hydrogen) atoms. The van der Waals surface area contributed by atoms with Gasteiger partial charge in [-0.25, -0.2) is 14.8 Å². The van der Waals surface area contributed by atoms with E-state index in [9.17, 15) is 4.79 Å². The van der Waals surface area contributed by atoms with Crippen LogP contribution in [0.3, 0.4) is 0 Å². The number of carbonyl (C=O) groups is 1. The number of aromatic carboxylic acids is 1. The molecule has 2 rings (SSSR count). The van der Waals surface area contributed by atoms with Crippen LogP contribution in [0.2, 0.25) is 0 Å². The van der Waals surface area contributed by atoms with Crippen molar-refractivity contribution in [2.75, 3.05) is 0 Å². The van der Waals surface area contributed by atoms with Crippen LogP contribution in [0.1, 0.15) is 10.5 Å². The van der Waals surface area contributed by atoms with Crippen molar-refractivity contribution >= 4 is 29.4 Å². The fraction of sp³-hybridized carbons (Fsp3) is 0. The minimum Gasteiger partial charge on any atom is -0.477 e. The van der Waals surface area contributed by atoms with Gasteiger partial charge in [0, 0.05) is 11.6 Å². The molecular formula is C9H7ClN2O2. The summed E-state index contributed by atoms with van der Waals surface area (Å²) in [6, 6.07) is 6.77. The van der Waals surface area contributed by atoms with E-state index in [0.29, 0.717) is 5.65 Å². The van der Waals surface area contributed by atoms with Crippen molar-refractivity contribution in [2.24, 2.45) is 0 Å². The number of carboxylic acid groups (broad SMARTS) is 1. The Kier molecular flexibility index (Phi) is 2.99. The van der Waals surface area contributed by atoms with Gasteiger partial charge < -0.3 is 5.11 Å². The summed E-state index contributed by atoms with van der Waals surface area (Å²) in [5, 5.41) is 9.49. The number of hydrogen-bond donors (Lipinski definition) is 1. The van der Waals surface area contributed by atoms with Gasteiger partial charge in [-0.2, -0.15) is 0 Å². The van der Waals surface area contributed by atoms with Crippen LogP contribution in [0.5, 0.6) is 0 Å². The summed E-state index contributed by atoms with van der Waals surface area (Å²) in [6.07, 6.45) is 1.58. The Labute approximate surface area is 86.0 Å². The number of aromatic nitrogens is 2. The molecule has 0 fully saturated rings. The highest BCUT2D eigenvalue weighted by molar-refractivity contribution is 5.88. The first kappa shape index (κ1) is 10.4. The molecule has 0 aromatic carbocycles. The van der Waals surface area contributed by atoms with E-state index < -0.39 is 5.97 Å².